The first kappa shape index (κ1) is 12.7. The van der Waals surface area contributed by atoms with Crippen LogP contribution in [0.5, 0.6) is 11.6 Å². The maximum atomic E-state index is 10.3. The van der Waals surface area contributed by atoms with Crippen molar-refractivity contribution in [3.05, 3.63) is 54.7 Å². The van der Waals surface area contributed by atoms with Crippen LogP contribution in [0.2, 0.25) is 0 Å². The van der Waals surface area contributed by atoms with Gasteiger partial charge in [-0.25, -0.2) is 4.98 Å². The number of pyridine rings is 1. The minimum Gasteiger partial charge on any atom is -0.507 e. The van der Waals surface area contributed by atoms with Crippen LogP contribution in [0.3, 0.4) is 0 Å². The maximum Gasteiger partial charge on any atom is 0.221 e. The number of benzene rings is 2. The van der Waals surface area contributed by atoms with Gasteiger partial charge in [0.1, 0.15) is 17.1 Å². The fourth-order valence-electron chi connectivity index (χ4n) is 2.72. The van der Waals surface area contributed by atoms with Gasteiger partial charge < -0.3 is 14.3 Å². The van der Waals surface area contributed by atoms with Crippen molar-refractivity contribution in [2.24, 2.45) is 0 Å². The van der Waals surface area contributed by atoms with Crippen molar-refractivity contribution in [1.29, 1.82) is 0 Å². The minimum absolute atomic E-state index is 0.175. The second kappa shape index (κ2) is 4.77. The highest BCUT2D eigenvalue weighted by molar-refractivity contribution is 6.02. The van der Waals surface area contributed by atoms with E-state index >= 15 is 0 Å². The smallest absolute Gasteiger partial charge is 0.221 e. The number of hydrogen-bond acceptors (Lipinski definition) is 4. The molecule has 22 heavy (non-hydrogen) atoms. The molecule has 0 bridgehead atoms. The normalized spacial score (nSPS) is 11.1. The van der Waals surface area contributed by atoms with Gasteiger partial charge in [0.15, 0.2) is 0 Å². The van der Waals surface area contributed by atoms with E-state index in [9.17, 15) is 5.11 Å². The quantitative estimate of drug-likeness (QED) is 0.596. The Labute approximate surface area is 126 Å². The number of furan rings is 1. The Morgan fingerprint density at radius 3 is 2.77 bits per heavy atom. The molecule has 4 aromatic rings. The number of fused-ring (bicyclic) bond motifs is 2. The zero-order valence-corrected chi connectivity index (χ0v) is 11.9. The standard InChI is InChI=1S/C18H13NO3/c1-21-18-12-6-4-7-14(20)17(12)13(10-19-18)16-9-11-5-2-3-8-15(11)22-16/h2-10,20H,1H3. The van der Waals surface area contributed by atoms with Crippen molar-refractivity contribution in [3.63, 3.8) is 0 Å². The van der Waals surface area contributed by atoms with E-state index in [1.165, 1.54) is 0 Å². The average molecular weight is 291 g/mol. The van der Waals surface area contributed by atoms with Gasteiger partial charge in [0, 0.05) is 27.9 Å². The first-order valence-electron chi connectivity index (χ1n) is 6.91. The molecule has 0 saturated heterocycles. The second-order valence-corrected chi connectivity index (χ2v) is 5.03. The predicted octanol–water partition coefficient (Wildman–Crippen LogP) is 4.36. The van der Waals surface area contributed by atoms with Crippen LogP contribution in [0.25, 0.3) is 33.1 Å². The Bertz CT molecular complexity index is 955. The topological polar surface area (TPSA) is 55.5 Å². The largest absolute Gasteiger partial charge is 0.507 e. The number of phenolic OH excluding ortho intramolecular Hbond substituents is 1. The molecule has 2 aromatic heterocycles. The molecule has 0 radical (unpaired) electrons. The van der Waals surface area contributed by atoms with Gasteiger partial charge in [0.2, 0.25) is 5.88 Å². The molecule has 0 amide bonds. The molecule has 4 nitrogen and oxygen atoms in total. The number of hydrogen-bond donors (Lipinski definition) is 1. The van der Waals surface area contributed by atoms with Crippen molar-refractivity contribution >= 4 is 21.7 Å². The molecule has 0 atom stereocenters. The highest BCUT2D eigenvalue weighted by Crippen LogP contribution is 2.39. The molecule has 4 rings (SSSR count). The monoisotopic (exact) mass is 291 g/mol. The van der Waals surface area contributed by atoms with Crippen LogP contribution in [0, 0.1) is 0 Å². The number of para-hydroxylation sites is 1. The number of aromatic nitrogens is 1. The summed E-state index contributed by atoms with van der Waals surface area (Å²) in [5.74, 6) is 1.32. The van der Waals surface area contributed by atoms with Gasteiger partial charge >= 0.3 is 0 Å². The van der Waals surface area contributed by atoms with Crippen molar-refractivity contribution < 1.29 is 14.3 Å². The molecule has 0 unspecified atom stereocenters. The molecule has 2 aromatic carbocycles. The SMILES string of the molecule is COc1ncc(-c2cc3ccccc3o2)c2c(O)cccc12. The molecule has 0 spiro atoms. The molecule has 0 saturated carbocycles. The summed E-state index contributed by atoms with van der Waals surface area (Å²) in [5.41, 5.74) is 1.54. The van der Waals surface area contributed by atoms with Crippen LogP contribution in [-0.2, 0) is 0 Å². The molecule has 0 aliphatic rings. The van der Waals surface area contributed by atoms with Crippen LogP contribution < -0.4 is 4.74 Å². The summed E-state index contributed by atoms with van der Waals surface area (Å²) in [6, 6.07) is 15.0. The summed E-state index contributed by atoms with van der Waals surface area (Å²) >= 11 is 0. The number of ether oxygens (including phenoxy) is 1. The summed E-state index contributed by atoms with van der Waals surface area (Å²) in [5, 5.41) is 12.7. The Morgan fingerprint density at radius 1 is 1.09 bits per heavy atom. The number of phenols is 1. The van der Waals surface area contributed by atoms with Crippen LogP contribution in [0.1, 0.15) is 0 Å². The average Bonchev–Trinajstić information content (AvgIpc) is 2.98. The van der Waals surface area contributed by atoms with Gasteiger partial charge in [0.25, 0.3) is 0 Å². The fourth-order valence-corrected chi connectivity index (χ4v) is 2.72. The Hall–Kier alpha value is -3.01. The van der Waals surface area contributed by atoms with Crippen LogP contribution in [0.15, 0.2) is 59.1 Å². The Kier molecular flexibility index (Phi) is 2.76. The number of aromatic hydroxyl groups is 1. The highest BCUT2D eigenvalue weighted by atomic mass is 16.5. The lowest BCUT2D eigenvalue weighted by molar-refractivity contribution is 0.403. The van der Waals surface area contributed by atoms with E-state index in [-0.39, 0.29) is 5.75 Å². The van der Waals surface area contributed by atoms with E-state index in [4.69, 9.17) is 9.15 Å². The molecule has 4 heteroatoms. The highest BCUT2D eigenvalue weighted by Gasteiger charge is 2.15. The Morgan fingerprint density at radius 2 is 1.95 bits per heavy atom. The molecule has 1 N–H and O–H groups in total. The molecule has 0 aliphatic carbocycles. The van der Waals surface area contributed by atoms with Crippen LogP contribution >= 0.6 is 0 Å². The second-order valence-electron chi connectivity index (χ2n) is 5.03. The molecule has 0 fully saturated rings. The van der Waals surface area contributed by atoms with E-state index in [1.54, 1.807) is 25.4 Å². The minimum atomic E-state index is 0.175. The lowest BCUT2D eigenvalue weighted by Gasteiger charge is -2.09. The van der Waals surface area contributed by atoms with Gasteiger partial charge in [-0.2, -0.15) is 0 Å². The molecular formula is C18H13NO3. The van der Waals surface area contributed by atoms with Gasteiger partial charge in [-0.15, -0.1) is 0 Å². The number of methoxy groups -OCH3 is 1. The third kappa shape index (κ3) is 1.81. The van der Waals surface area contributed by atoms with Crippen LogP contribution in [0.4, 0.5) is 0 Å². The van der Waals surface area contributed by atoms with E-state index in [0.29, 0.717) is 17.0 Å². The first-order valence-corrected chi connectivity index (χ1v) is 6.91. The predicted molar refractivity (Wildman–Crippen MR) is 85.2 cm³/mol. The summed E-state index contributed by atoms with van der Waals surface area (Å²) < 4.78 is 11.2. The van der Waals surface area contributed by atoms with Gasteiger partial charge in [-0.3, -0.25) is 0 Å². The van der Waals surface area contributed by atoms with E-state index in [0.717, 1.165) is 21.9 Å². The molecular weight excluding hydrogens is 278 g/mol. The lowest BCUT2D eigenvalue weighted by Crippen LogP contribution is -1.91. The Balaban J connectivity index is 2.06. The van der Waals surface area contributed by atoms with Crippen molar-refractivity contribution in [1.82, 2.24) is 4.98 Å². The van der Waals surface area contributed by atoms with Crippen LogP contribution in [-0.4, -0.2) is 17.2 Å². The molecule has 108 valence electrons. The van der Waals surface area contributed by atoms with Crippen molar-refractivity contribution in [2.45, 2.75) is 0 Å². The third-order valence-corrected chi connectivity index (χ3v) is 3.74. The summed E-state index contributed by atoms with van der Waals surface area (Å²) in [6.07, 6.45) is 1.67. The molecule has 2 heterocycles. The molecule has 0 aliphatic heterocycles. The van der Waals surface area contributed by atoms with Gasteiger partial charge in [-0.1, -0.05) is 24.3 Å². The van der Waals surface area contributed by atoms with Crippen molar-refractivity contribution in [3.8, 4) is 23.0 Å². The zero-order chi connectivity index (χ0) is 15.1. The fraction of sp³-hybridized carbons (Fsp3) is 0.0556. The maximum absolute atomic E-state index is 10.3. The summed E-state index contributed by atoms with van der Waals surface area (Å²) in [7, 11) is 1.56. The lowest BCUT2D eigenvalue weighted by atomic mass is 10.0. The van der Waals surface area contributed by atoms with E-state index in [2.05, 4.69) is 4.98 Å². The number of rotatable bonds is 2. The third-order valence-electron chi connectivity index (χ3n) is 3.74. The summed E-state index contributed by atoms with van der Waals surface area (Å²) in [6.45, 7) is 0. The summed E-state index contributed by atoms with van der Waals surface area (Å²) in [4.78, 5) is 4.32. The van der Waals surface area contributed by atoms with Gasteiger partial charge in [-0.05, 0) is 24.3 Å². The van der Waals surface area contributed by atoms with Gasteiger partial charge in [0.05, 0.1) is 7.11 Å². The van der Waals surface area contributed by atoms with E-state index in [1.807, 2.05) is 36.4 Å². The van der Waals surface area contributed by atoms with Crippen molar-refractivity contribution in [2.75, 3.05) is 7.11 Å². The van der Waals surface area contributed by atoms with E-state index < -0.39 is 0 Å². The zero-order valence-electron chi connectivity index (χ0n) is 11.9. The number of nitrogens with zero attached hydrogens (tertiary/aromatic N) is 1. The first-order chi connectivity index (χ1) is 10.8.